The molecule has 0 saturated carbocycles. The number of thiazole rings is 1. The van der Waals surface area contributed by atoms with E-state index in [4.69, 9.17) is 16.3 Å². The minimum absolute atomic E-state index is 0.410. The van der Waals surface area contributed by atoms with Gasteiger partial charge in [0.2, 0.25) is 0 Å². The van der Waals surface area contributed by atoms with E-state index in [0.29, 0.717) is 28.3 Å². The molecule has 0 spiro atoms. The summed E-state index contributed by atoms with van der Waals surface area (Å²) in [5.41, 5.74) is 1.68. The highest BCUT2D eigenvalue weighted by atomic mass is 35.5. The van der Waals surface area contributed by atoms with E-state index in [0.717, 1.165) is 23.3 Å². The number of carbonyl (C=O) groups excluding carboxylic acids is 1. The van der Waals surface area contributed by atoms with Gasteiger partial charge in [-0.3, -0.25) is 0 Å². The Balaban J connectivity index is 1.88. The molecule has 132 valence electrons. The number of anilines is 2. The zero-order valence-electron chi connectivity index (χ0n) is 13.7. The Kier molecular flexibility index (Phi) is 5.34. The van der Waals surface area contributed by atoms with Crippen LogP contribution in [-0.4, -0.2) is 45.1 Å². The number of ether oxygens (including phenoxy) is 2. The zero-order valence-corrected chi connectivity index (χ0v) is 15.2. The molecule has 0 aliphatic carbocycles. The summed E-state index contributed by atoms with van der Waals surface area (Å²) in [5.74, 6) is 1.42. The predicted octanol–water partition coefficient (Wildman–Crippen LogP) is 3.03. The summed E-state index contributed by atoms with van der Waals surface area (Å²) in [6.07, 6.45) is 5.46. The van der Waals surface area contributed by atoms with Crippen LogP contribution in [0.1, 0.15) is 21.7 Å². The fourth-order valence-corrected chi connectivity index (χ4v) is 3.08. The van der Waals surface area contributed by atoms with Crippen molar-refractivity contribution in [3.8, 4) is 5.75 Å². The summed E-state index contributed by atoms with van der Waals surface area (Å²) in [7, 11) is 1.33. The maximum absolute atomic E-state index is 11.5. The molecule has 1 N–H and O–H groups in total. The SMILES string of the molecule is COC(=O)c1cnc(Nc2ncnn3cc(OCCCCl)c(C)c23)s1. The van der Waals surface area contributed by atoms with Crippen LogP contribution in [0.25, 0.3) is 5.52 Å². The molecule has 3 heterocycles. The van der Waals surface area contributed by atoms with E-state index < -0.39 is 5.97 Å². The number of esters is 1. The first-order valence-electron chi connectivity index (χ1n) is 7.47. The standard InChI is InChI=1S/C15H16ClN5O3S/c1-9-10(24-5-3-4-16)7-21-12(9)13(18-8-19-21)20-15-17-6-11(25-15)14(22)23-2/h6-8H,3-5H2,1-2H3,(H,17,18,19,20). The van der Waals surface area contributed by atoms with Gasteiger partial charge in [-0.1, -0.05) is 11.3 Å². The van der Waals surface area contributed by atoms with Gasteiger partial charge in [0, 0.05) is 11.4 Å². The molecule has 0 aliphatic rings. The number of aromatic nitrogens is 4. The molecule has 0 amide bonds. The van der Waals surface area contributed by atoms with Gasteiger partial charge < -0.3 is 14.8 Å². The van der Waals surface area contributed by atoms with Gasteiger partial charge in [0.05, 0.1) is 26.1 Å². The third-order valence-electron chi connectivity index (χ3n) is 3.43. The third-order valence-corrected chi connectivity index (χ3v) is 4.59. The van der Waals surface area contributed by atoms with E-state index in [1.165, 1.54) is 31.0 Å². The van der Waals surface area contributed by atoms with Crippen LogP contribution in [0.4, 0.5) is 10.9 Å². The average molecular weight is 382 g/mol. The summed E-state index contributed by atoms with van der Waals surface area (Å²) >= 11 is 6.87. The van der Waals surface area contributed by atoms with Crippen molar-refractivity contribution in [2.24, 2.45) is 0 Å². The van der Waals surface area contributed by atoms with Crippen molar-refractivity contribution < 1.29 is 14.3 Å². The average Bonchev–Trinajstić information content (AvgIpc) is 3.20. The predicted molar refractivity (Wildman–Crippen MR) is 95.3 cm³/mol. The van der Waals surface area contributed by atoms with E-state index in [1.807, 2.05) is 6.92 Å². The Hall–Kier alpha value is -2.39. The van der Waals surface area contributed by atoms with Crippen molar-refractivity contribution in [1.29, 1.82) is 0 Å². The van der Waals surface area contributed by atoms with Crippen molar-refractivity contribution >= 4 is 45.4 Å². The first kappa shape index (κ1) is 17.4. The Morgan fingerprint density at radius 2 is 2.28 bits per heavy atom. The lowest BCUT2D eigenvalue weighted by Crippen LogP contribution is -1.99. The zero-order chi connectivity index (χ0) is 17.8. The second-order valence-electron chi connectivity index (χ2n) is 5.06. The smallest absolute Gasteiger partial charge is 0.349 e. The van der Waals surface area contributed by atoms with Crippen LogP contribution in [0.3, 0.4) is 0 Å². The van der Waals surface area contributed by atoms with Crippen molar-refractivity contribution in [3.63, 3.8) is 0 Å². The minimum Gasteiger partial charge on any atom is -0.492 e. The number of halogens is 1. The summed E-state index contributed by atoms with van der Waals surface area (Å²) in [6.45, 7) is 2.47. The van der Waals surface area contributed by atoms with Gasteiger partial charge in [0.15, 0.2) is 10.9 Å². The summed E-state index contributed by atoms with van der Waals surface area (Å²) in [4.78, 5) is 20.4. The normalized spacial score (nSPS) is 10.8. The van der Waals surface area contributed by atoms with Crippen LogP contribution < -0.4 is 10.1 Å². The second kappa shape index (κ2) is 7.66. The number of hydrogen-bond acceptors (Lipinski definition) is 8. The van der Waals surface area contributed by atoms with Gasteiger partial charge >= 0.3 is 5.97 Å². The Morgan fingerprint density at radius 1 is 1.44 bits per heavy atom. The molecule has 0 aromatic carbocycles. The molecular weight excluding hydrogens is 366 g/mol. The molecule has 3 aromatic heterocycles. The Labute approximate surface area is 152 Å². The molecule has 3 rings (SSSR count). The molecule has 10 heteroatoms. The number of fused-ring (bicyclic) bond motifs is 1. The molecule has 25 heavy (non-hydrogen) atoms. The number of nitrogens with one attached hydrogen (secondary N) is 1. The van der Waals surface area contributed by atoms with Crippen LogP contribution >= 0.6 is 22.9 Å². The summed E-state index contributed by atoms with van der Waals surface area (Å²) < 4.78 is 12.1. The number of carbonyl (C=O) groups is 1. The van der Waals surface area contributed by atoms with Crippen molar-refractivity contribution in [3.05, 3.63) is 29.2 Å². The maximum Gasteiger partial charge on any atom is 0.349 e. The fraction of sp³-hybridized carbons (Fsp3) is 0.333. The third kappa shape index (κ3) is 3.67. The number of alkyl halides is 1. The largest absolute Gasteiger partial charge is 0.492 e. The number of hydrogen-bond donors (Lipinski definition) is 1. The molecule has 0 unspecified atom stereocenters. The lowest BCUT2D eigenvalue weighted by molar-refractivity contribution is 0.0606. The Morgan fingerprint density at radius 3 is 3.04 bits per heavy atom. The first-order valence-corrected chi connectivity index (χ1v) is 8.82. The van der Waals surface area contributed by atoms with Gasteiger partial charge in [0.1, 0.15) is 22.5 Å². The first-order chi connectivity index (χ1) is 12.1. The molecule has 0 fully saturated rings. The lowest BCUT2D eigenvalue weighted by Gasteiger charge is -2.05. The van der Waals surface area contributed by atoms with Crippen LogP contribution in [0.5, 0.6) is 5.75 Å². The molecule has 8 nitrogen and oxygen atoms in total. The molecule has 0 bridgehead atoms. The van der Waals surface area contributed by atoms with Gasteiger partial charge in [-0.15, -0.1) is 11.6 Å². The summed E-state index contributed by atoms with van der Waals surface area (Å²) in [5, 5.41) is 7.86. The van der Waals surface area contributed by atoms with Gasteiger partial charge in [-0.2, -0.15) is 5.10 Å². The number of aryl methyl sites for hydroxylation is 1. The van der Waals surface area contributed by atoms with Gasteiger partial charge in [0.25, 0.3) is 0 Å². The highest BCUT2D eigenvalue weighted by molar-refractivity contribution is 7.17. The molecule has 3 aromatic rings. The highest BCUT2D eigenvalue weighted by Gasteiger charge is 2.16. The molecule has 0 radical (unpaired) electrons. The number of methoxy groups -OCH3 is 1. The van der Waals surface area contributed by atoms with Gasteiger partial charge in [-0.25, -0.2) is 19.3 Å². The lowest BCUT2D eigenvalue weighted by atomic mass is 10.3. The Bertz CT molecular complexity index is 895. The van der Waals surface area contributed by atoms with Crippen molar-refractivity contribution in [1.82, 2.24) is 19.6 Å². The molecule has 0 saturated heterocycles. The number of rotatable bonds is 7. The van der Waals surface area contributed by atoms with E-state index in [9.17, 15) is 4.79 Å². The van der Waals surface area contributed by atoms with Crippen LogP contribution in [-0.2, 0) is 4.74 Å². The summed E-state index contributed by atoms with van der Waals surface area (Å²) in [6, 6.07) is 0. The maximum atomic E-state index is 11.5. The molecule has 0 aliphatic heterocycles. The molecular formula is C15H16ClN5O3S. The van der Waals surface area contributed by atoms with Gasteiger partial charge in [-0.05, 0) is 13.3 Å². The quantitative estimate of drug-likeness (QED) is 0.382. The topological polar surface area (TPSA) is 90.6 Å². The van der Waals surface area contributed by atoms with E-state index >= 15 is 0 Å². The number of nitrogens with zero attached hydrogens (tertiary/aromatic N) is 4. The minimum atomic E-state index is -0.424. The highest BCUT2D eigenvalue weighted by Crippen LogP contribution is 2.30. The fourth-order valence-electron chi connectivity index (χ4n) is 2.24. The van der Waals surface area contributed by atoms with Crippen molar-refractivity contribution in [2.75, 3.05) is 24.9 Å². The molecule has 0 atom stereocenters. The van der Waals surface area contributed by atoms with Crippen LogP contribution in [0, 0.1) is 6.92 Å². The van der Waals surface area contributed by atoms with Crippen LogP contribution in [0.2, 0.25) is 0 Å². The van der Waals surface area contributed by atoms with E-state index in [2.05, 4.69) is 25.1 Å². The monoisotopic (exact) mass is 381 g/mol. The van der Waals surface area contributed by atoms with E-state index in [-0.39, 0.29) is 0 Å². The second-order valence-corrected chi connectivity index (χ2v) is 6.47. The van der Waals surface area contributed by atoms with E-state index in [1.54, 1.807) is 10.7 Å². The van der Waals surface area contributed by atoms with Crippen LogP contribution in [0.15, 0.2) is 18.7 Å². The van der Waals surface area contributed by atoms with Crippen molar-refractivity contribution in [2.45, 2.75) is 13.3 Å².